The molecule has 0 saturated heterocycles. The third kappa shape index (κ3) is 5.83. The summed E-state index contributed by atoms with van der Waals surface area (Å²) >= 11 is 0. The van der Waals surface area contributed by atoms with Crippen LogP contribution in [0.2, 0.25) is 0 Å². The quantitative estimate of drug-likeness (QED) is 0.600. The molecule has 0 aromatic carbocycles. The molecule has 0 radical (unpaired) electrons. The highest BCUT2D eigenvalue weighted by Gasteiger charge is 2.17. The van der Waals surface area contributed by atoms with Crippen molar-refractivity contribution in [1.29, 1.82) is 0 Å². The molecule has 3 rings (SSSR count). The first-order valence-electron chi connectivity index (χ1n) is 9.87. The van der Waals surface area contributed by atoms with E-state index in [9.17, 15) is 4.79 Å². The maximum absolute atomic E-state index is 12.5. The fourth-order valence-corrected chi connectivity index (χ4v) is 3.72. The van der Waals surface area contributed by atoms with Gasteiger partial charge in [-0.3, -0.25) is 4.79 Å². The molecule has 1 aromatic rings. The van der Waals surface area contributed by atoms with Crippen molar-refractivity contribution in [3.63, 3.8) is 0 Å². The number of nitrogens with one attached hydrogen (secondary N) is 2. The van der Waals surface area contributed by atoms with Gasteiger partial charge in [0.05, 0.1) is 0 Å². The number of rotatable bonds is 6. The van der Waals surface area contributed by atoms with Crippen molar-refractivity contribution < 1.29 is 4.79 Å². The van der Waals surface area contributed by atoms with Crippen molar-refractivity contribution >= 4 is 11.9 Å². The number of hydrogen-bond donors (Lipinski definition) is 2. The molecular formula is C20H30N4O. The number of hydrogen-bond acceptors (Lipinski definition) is 4. The van der Waals surface area contributed by atoms with Crippen LogP contribution in [0.3, 0.4) is 0 Å². The summed E-state index contributed by atoms with van der Waals surface area (Å²) in [5, 5.41) is 6.40. The second-order valence-electron chi connectivity index (χ2n) is 7.21. The molecule has 0 atom stereocenters. The largest absolute Gasteiger partial charge is 0.354 e. The molecule has 2 aliphatic carbocycles. The van der Waals surface area contributed by atoms with Crippen LogP contribution in [-0.2, 0) is 0 Å². The smallest absolute Gasteiger partial charge is 0.270 e. The predicted octanol–water partition coefficient (Wildman–Crippen LogP) is 4.23. The van der Waals surface area contributed by atoms with E-state index < -0.39 is 0 Å². The molecule has 1 fully saturated rings. The molecule has 0 bridgehead atoms. The topological polar surface area (TPSA) is 66.9 Å². The average Bonchev–Trinajstić information content (AvgIpc) is 2.91. The van der Waals surface area contributed by atoms with Gasteiger partial charge >= 0.3 is 0 Å². The molecular weight excluding hydrogens is 312 g/mol. The van der Waals surface area contributed by atoms with Crippen LogP contribution in [0.25, 0.3) is 0 Å². The second kappa shape index (κ2) is 9.54. The van der Waals surface area contributed by atoms with Gasteiger partial charge in [-0.2, -0.15) is 0 Å². The maximum atomic E-state index is 12.5. The molecule has 0 unspecified atom stereocenters. The van der Waals surface area contributed by atoms with Gasteiger partial charge in [-0.25, -0.2) is 9.97 Å². The molecule has 1 aromatic heterocycles. The van der Waals surface area contributed by atoms with Crippen molar-refractivity contribution in [3.8, 4) is 0 Å². The molecule has 5 nitrogen and oxygen atoms in total. The molecule has 1 saturated carbocycles. The van der Waals surface area contributed by atoms with E-state index in [0.717, 1.165) is 25.8 Å². The number of allylic oxidation sites excluding steroid dienone is 1. The maximum Gasteiger partial charge on any atom is 0.270 e. The molecule has 1 amide bonds. The lowest BCUT2D eigenvalue weighted by Crippen LogP contribution is -2.35. The number of carbonyl (C=O) groups is 1. The number of nitrogens with zero attached hydrogens (tertiary/aromatic N) is 2. The molecule has 25 heavy (non-hydrogen) atoms. The molecule has 0 spiro atoms. The third-order valence-electron chi connectivity index (χ3n) is 5.19. The van der Waals surface area contributed by atoms with E-state index >= 15 is 0 Å². The predicted molar refractivity (Wildman–Crippen MR) is 101 cm³/mol. The summed E-state index contributed by atoms with van der Waals surface area (Å²) in [6, 6.07) is 1.99. The minimum atomic E-state index is -0.0765. The first-order valence-corrected chi connectivity index (χ1v) is 9.87. The summed E-state index contributed by atoms with van der Waals surface area (Å²) in [5.41, 5.74) is 1.99. The Bertz CT molecular complexity index is 591. The van der Waals surface area contributed by atoms with Crippen molar-refractivity contribution in [3.05, 3.63) is 29.6 Å². The zero-order valence-electron chi connectivity index (χ0n) is 15.1. The Hall–Kier alpha value is -1.91. The zero-order chi connectivity index (χ0) is 17.3. The molecule has 5 heteroatoms. The third-order valence-corrected chi connectivity index (χ3v) is 5.19. The second-order valence-corrected chi connectivity index (χ2v) is 7.21. The lowest BCUT2D eigenvalue weighted by atomic mass is 9.97. The highest BCUT2D eigenvalue weighted by molar-refractivity contribution is 5.92. The Morgan fingerprint density at radius 2 is 1.96 bits per heavy atom. The van der Waals surface area contributed by atoms with Gasteiger partial charge in [0.1, 0.15) is 5.69 Å². The lowest BCUT2D eigenvalue weighted by molar-refractivity contribution is 0.0928. The summed E-state index contributed by atoms with van der Waals surface area (Å²) in [6.07, 6.45) is 17.2. The summed E-state index contributed by atoms with van der Waals surface area (Å²) in [5.74, 6) is 0.470. The number of aromatic nitrogens is 2. The van der Waals surface area contributed by atoms with Crippen LogP contribution in [0.1, 0.15) is 81.1 Å². The van der Waals surface area contributed by atoms with Crippen LogP contribution in [0.5, 0.6) is 0 Å². The normalized spacial score (nSPS) is 19.0. The number of carbonyl (C=O) groups excluding carboxylic acids is 1. The van der Waals surface area contributed by atoms with E-state index in [1.165, 1.54) is 56.9 Å². The van der Waals surface area contributed by atoms with E-state index in [0.29, 0.717) is 17.7 Å². The standard InChI is InChI=1S/C20H30N4O/c25-19(23-17-10-6-1-2-7-11-17)18-13-15-22-20(24-18)21-14-12-16-8-4-3-5-9-16/h8,13,15,17H,1-7,9-12,14H2,(H,23,25)(H,21,22,24). The average molecular weight is 342 g/mol. The Morgan fingerprint density at radius 1 is 1.12 bits per heavy atom. The fourth-order valence-electron chi connectivity index (χ4n) is 3.72. The first-order chi connectivity index (χ1) is 12.3. The molecule has 0 aliphatic heterocycles. The van der Waals surface area contributed by atoms with Crippen molar-refractivity contribution in [2.24, 2.45) is 0 Å². The molecule has 2 N–H and O–H groups in total. The van der Waals surface area contributed by atoms with Gasteiger partial charge in [0.2, 0.25) is 5.95 Å². The molecule has 136 valence electrons. The Morgan fingerprint density at radius 3 is 2.72 bits per heavy atom. The van der Waals surface area contributed by atoms with Crippen molar-refractivity contribution in [1.82, 2.24) is 15.3 Å². The Kier molecular flexibility index (Phi) is 6.83. The van der Waals surface area contributed by atoms with Crippen LogP contribution in [-0.4, -0.2) is 28.5 Å². The summed E-state index contributed by atoms with van der Waals surface area (Å²) in [4.78, 5) is 21.1. The highest BCUT2D eigenvalue weighted by Crippen LogP contribution is 2.20. The lowest BCUT2D eigenvalue weighted by Gasteiger charge is -2.16. The SMILES string of the molecule is O=C(NC1CCCCCC1)c1ccnc(NCCC2=CCCCC2)n1. The Labute approximate surface area is 150 Å². The molecule has 2 aliphatic rings. The van der Waals surface area contributed by atoms with Crippen LogP contribution < -0.4 is 10.6 Å². The summed E-state index contributed by atoms with van der Waals surface area (Å²) in [6.45, 7) is 0.819. The first kappa shape index (κ1) is 17.9. The van der Waals surface area contributed by atoms with Gasteiger partial charge in [-0.05, 0) is 51.0 Å². The van der Waals surface area contributed by atoms with E-state index in [4.69, 9.17) is 0 Å². The summed E-state index contributed by atoms with van der Waals surface area (Å²) in [7, 11) is 0. The van der Waals surface area contributed by atoms with E-state index in [-0.39, 0.29) is 5.91 Å². The van der Waals surface area contributed by atoms with Gasteiger partial charge in [-0.15, -0.1) is 0 Å². The van der Waals surface area contributed by atoms with Gasteiger partial charge in [0.25, 0.3) is 5.91 Å². The van der Waals surface area contributed by atoms with Gasteiger partial charge in [0, 0.05) is 18.8 Å². The van der Waals surface area contributed by atoms with E-state index in [1.807, 2.05) is 0 Å². The van der Waals surface area contributed by atoms with Crippen molar-refractivity contribution in [2.75, 3.05) is 11.9 Å². The van der Waals surface area contributed by atoms with E-state index in [2.05, 4.69) is 26.7 Å². The number of anilines is 1. The Balaban J connectivity index is 1.49. The van der Waals surface area contributed by atoms with Crippen molar-refractivity contribution in [2.45, 2.75) is 76.7 Å². The minimum Gasteiger partial charge on any atom is -0.354 e. The van der Waals surface area contributed by atoms with Crippen LogP contribution >= 0.6 is 0 Å². The van der Waals surface area contributed by atoms with Crippen LogP contribution in [0, 0.1) is 0 Å². The summed E-state index contributed by atoms with van der Waals surface area (Å²) < 4.78 is 0. The van der Waals surface area contributed by atoms with E-state index in [1.54, 1.807) is 12.3 Å². The highest BCUT2D eigenvalue weighted by atomic mass is 16.1. The number of amides is 1. The zero-order valence-corrected chi connectivity index (χ0v) is 15.1. The van der Waals surface area contributed by atoms with Gasteiger partial charge in [-0.1, -0.05) is 37.3 Å². The molecule has 1 heterocycles. The minimum absolute atomic E-state index is 0.0765. The monoisotopic (exact) mass is 342 g/mol. The van der Waals surface area contributed by atoms with Crippen LogP contribution in [0.4, 0.5) is 5.95 Å². The van der Waals surface area contributed by atoms with Crippen LogP contribution in [0.15, 0.2) is 23.9 Å². The van der Waals surface area contributed by atoms with Gasteiger partial charge in [0.15, 0.2) is 0 Å². The fraction of sp³-hybridized carbons (Fsp3) is 0.650. The van der Waals surface area contributed by atoms with Gasteiger partial charge < -0.3 is 10.6 Å².